The molecule has 45 heavy (non-hydrogen) atoms. The van der Waals surface area contributed by atoms with Crippen molar-refractivity contribution in [2.75, 3.05) is 46.4 Å². The maximum absolute atomic E-state index is 13.4. The normalized spacial score (nSPS) is 18.7. The van der Waals surface area contributed by atoms with Crippen LogP contribution in [0.25, 0.3) is 5.69 Å². The Balaban J connectivity index is 1.52. The second-order valence-corrected chi connectivity index (χ2v) is 10.4. The number of ether oxygens (including phenoxy) is 2. The molecule has 0 unspecified atom stereocenters. The van der Waals surface area contributed by atoms with Gasteiger partial charge in [0.2, 0.25) is 11.8 Å². The van der Waals surface area contributed by atoms with E-state index >= 15 is 0 Å². The number of nitrogens with zero attached hydrogens (tertiary/aromatic N) is 5. The molecule has 0 spiro atoms. The monoisotopic (exact) mass is 630 g/mol. The molecule has 1 aromatic carbocycles. The highest BCUT2D eigenvalue weighted by Crippen LogP contribution is 2.23. The maximum Gasteiger partial charge on any atom is 0.407 e. The zero-order valence-corrected chi connectivity index (χ0v) is 24.4. The van der Waals surface area contributed by atoms with E-state index in [0.717, 1.165) is 9.80 Å². The number of rotatable bonds is 11. The summed E-state index contributed by atoms with van der Waals surface area (Å²) in [4.78, 5) is 77.9. The summed E-state index contributed by atoms with van der Waals surface area (Å²) in [6, 6.07) is 7.55. The highest BCUT2D eigenvalue weighted by molar-refractivity contribution is 5.96. The van der Waals surface area contributed by atoms with Crippen molar-refractivity contribution in [3.05, 3.63) is 42.1 Å². The Hall–Kier alpha value is -5.19. The molecule has 242 valence electrons. The van der Waals surface area contributed by atoms with Gasteiger partial charge in [-0.2, -0.15) is 5.10 Å². The minimum Gasteiger partial charge on any atom is -0.481 e. The van der Waals surface area contributed by atoms with E-state index in [1.807, 2.05) is 0 Å². The van der Waals surface area contributed by atoms with Gasteiger partial charge in [0.1, 0.15) is 12.1 Å². The van der Waals surface area contributed by atoms with Crippen LogP contribution in [-0.2, 0) is 23.9 Å². The number of β-amino-alcohol motifs (C(OH)–C–C–N with tert-alkyl or cyclic N) is 1. The molecule has 17 heteroatoms. The fourth-order valence-electron chi connectivity index (χ4n) is 5.10. The first-order valence-corrected chi connectivity index (χ1v) is 14.1. The number of aliphatic hydroxyl groups excluding tert-OH is 1. The number of aliphatic hydroxyl groups is 1. The highest BCUT2D eigenvalue weighted by atomic mass is 16.5. The van der Waals surface area contributed by atoms with Crippen molar-refractivity contribution in [1.82, 2.24) is 29.8 Å². The van der Waals surface area contributed by atoms with Crippen molar-refractivity contribution in [3.63, 3.8) is 0 Å². The van der Waals surface area contributed by atoms with Gasteiger partial charge in [-0.25, -0.2) is 14.3 Å². The Labute approximate surface area is 256 Å². The third-order valence-corrected chi connectivity index (χ3v) is 7.44. The molecule has 0 radical (unpaired) electrons. The molecule has 0 bridgehead atoms. The predicted octanol–water partition coefficient (Wildman–Crippen LogP) is -0.829. The Morgan fingerprint density at radius 3 is 2.31 bits per heavy atom. The number of aliphatic carboxylic acids is 1. The van der Waals surface area contributed by atoms with E-state index in [2.05, 4.69) is 10.4 Å². The van der Waals surface area contributed by atoms with E-state index in [9.17, 15) is 44.1 Å². The number of methoxy groups -OCH3 is 1. The first-order valence-electron chi connectivity index (χ1n) is 14.1. The van der Waals surface area contributed by atoms with Crippen molar-refractivity contribution in [2.45, 2.75) is 37.5 Å². The molecule has 0 aliphatic carbocycles. The Bertz CT molecular complexity index is 1420. The zero-order chi connectivity index (χ0) is 32.7. The molecule has 17 nitrogen and oxygen atoms in total. The Kier molecular flexibility index (Phi) is 10.6. The van der Waals surface area contributed by atoms with Crippen molar-refractivity contribution in [2.24, 2.45) is 0 Å². The molecule has 2 saturated heterocycles. The Morgan fingerprint density at radius 1 is 1.02 bits per heavy atom. The van der Waals surface area contributed by atoms with Crippen LogP contribution in [0.1, 0.15) is 29.8 Å². The fraction of sp³-hybridized carbons (Fsp3) is 0.464. The van der Waals surface area contributed by atoms with E-state index in [0.29, 0.717) is 5.69 Å². The number of nitrogens with one attached hydrogen (secondary N) is 1. The van der Waals surface area contributed by atoms with Crippen LogP contribution in [0.2, 0.25) is 0 Å². The number of aromatic nitrogens is 2. The number of esters is 1. The average Bonchev–Trinajstić information content (AvgIpc) is 3.65. The molecule has 2 aliphatic rings. The summed E-state index contributed by atoms with van der Waals surface area (Å²) in [5, 5.41) is 35.3. The van der Waals surface area contributed by atoms with Crippen LogP contribution >= 0.6 is 0 Å². The van der Waals surface area contributed by atoms with Crippen LogP contribution in [0.4, 0.5) is 4.79 Å². The van der Waals surface area contributed by atoms with Gasteiger partial charge in [-0.3, -0.25) is 19.2 Å². The van der Waals surface area contributed by atoms with Crippen LogP contribution in [0.3, 0.4) is 0 Å². The molecular weight excluding hydrogens is 596 g/mol. The quantitative estimate of drug-likeness (QED) is 0.224. The Morgan fingerprint density at radius 2 is 1.69 bits per heavy atom. The third-order valence-electron chi connectivity index (χ3n) is 7.44. The number of para-hydroxylation sites is 1. The summed E-state index contributed by atoms with van der Waals surface area (Å²) in [7, 11) is 1.18. The number of carboxylic acids is 1. The molecule has 4 rings (SSSR count). The van der Waals surface area contributed by atoms with Crippen molar-refractivity contribution in [1.29, 1.82) is 0 Å². The standard InChI is InChI=1S/C28H34N6O11/c1-44-27(41)21-13-18(35)15-33(21)22(36)16-45-23-14-20(30-34(23)17-5-3-2-4-6-17)25(39)29-19(7-8-24(37)38)26(40)31-9-11-32(12-10-31)28(42)43/h2-6,14,18-19,21,35H,7-13,15-16H2,1H3,(H,29,39)(H,37,38)(H,42,43)/t18-,19-,21-/m0/s1. The largest absolute Gasteiger partial charge is 0.481 e. The molecule has 2 fully saturated rings. The highest BCUT2D eigenvalue weighted by Gasteiger charge is 2.40. The lowest BCUT2D eigenvalue weighted by molar-refractivity contribution is -0.151. The van der Waals surface area contributed by atoms with Gasteiger partial charge in [0.05, 0.1) is 18.9 Å². The van der Waals surface area contributed by atoms with E-state index < -0.39 is 67.0 Å². The lowest BCUT2D eigenvalue weighted by atomic mass is 10.1. The molecule has 4 amide bonds. The second-order valence-electron chi connectivity index (χ2n) is 10.4. The molecule has 3 atom stereocenters. The SMILES string of the molecule is COC(=O)[C@@H]1C[C@H](O)CN1C(=O)COc1cc(C(=O)N[C@@H](CCC(=O)O)C(=O)N2CCN(C(=O)O)CC2)nn1-c1ccccc1. The van der Waals surface area contributed by atoms with E-state index in [1.54, 1.807) is 30.3 Å². The van der Waals surface area contributed by atoms with E-state index in [-0.39, 0.29) is 57.1 Å². The number of hydrogen-bond acceptors (Lipinski definition) is 10. The first-order chi connectivity index (χ1) is 21.5. The summed E-state index contributed by atoms with van der Waals surface area (Å²) in [5.41, 5.74) is 0.270. The molecular formula is C28H34N6O11. The van der Waals surface area contributed by atoms with Crippen LogP contribution in [0, 0.1) is 0 Å². The van der Waals surface area contributed by atoms with Crippen molar-refractivity contribution in [3.8, 4) is 11.6 Å². The number of likely N-dealkylation sites (tertiary alicyclic amines) is 1. The van der Waals surface area contributed by atoms with Gasteiger partial charge in [-0.15, -0.1) is 0 Å². The molecule has 0 saturated carbocycles. The molecule has 2 aromatic rings. The fourth-order valence-corrected chi connectivity index (χ4v) is 5.10. The topological polar surface area (TPSA) is 221 Å². The van der Waals surface area contributed by atoms with Crippen LogP contribution < -0.4 is 10.1 Å². The van der Waals surface area contributed by atoms with Gasteiger partial charge in [0.25, 0.3) is 11.8 Å². The van der Waals surface area contributed by atoms with E-state index in [4.69, 9.17) is 9.47 Å². The number of carbonyl (C=O) groups is 6. The summed E-state index contributed by atoms with van der Waals surface area (Å²) in [6.07, 6.45) is -2.66. The summed E-state index contributed by atoms with van der Waals surface area (Å²) >= 11 is 0. The number of amides is 4. The van der Waals surface area contributed by atoms with Crippen LogP contribution in [-0.4, -0.2) is 140 Å². The van der Waals surface area contributed by atoms with Crippen molar-refractivity contribution >= 4 is 35.8 Å². The van der Waals surface area contributed by atoms with Crippen LogP contribution in [0.15, 0.2) is 36.4 Å². The number of piperazine rings is 1. The van der Waals surface area contributed by atoms with Crippen molar-refractivity contribution < 1.29 is 53.6 Å². The number of benzene rings is 1. The second kappa shape index (κ2) is 14.5. The zero-order valence-electron chi connectivity index (χ0n) is 24.4. The molecule has 4 N–H and O–H groups in total. The van der Waals surface area contributed by atoms with Gasteiger partial charge >= 0.3 is 18.0 Å². The van der Waals surface area contributed by atoms with E-state index in [1.165, 1.54) is 22.8 Å². The lowest BCUT2D eigenvalue weighted by Crippen LogP contribution is -2.55. The number of hydrogen-bond donors (Lipinski definition) is 4. The third kappa shape index (κ3) is 8.05. The lowest BCUT2D eigenvalue weighted by Gasteiger charge is -2.35. The minimum absolute atomic E-state index is 0.0156. The van der Waals surface area contributed by atoms with Gasteiger partial charge in [0, 0.05) is 51.6 Å². The first kappa shape index (κ1) is 32.7. The van der Waals surface area contributed by atoms with Gasteiger partial charge in [0.15, 0.2) is 12.3 Å². The number of carbonyl (C=O) groups excluding carboxylic acids is 4. The predicted molar refractivity (Wildman–Crippen MR) is 152 cm³/mol. The van der Waals surface area contributed by atoms with Gasteiger partial charge < -0.3 is 44.8 Å². The minimum atomic E-state index is -1.24. The van der Waals surface area contributed by atoms with Crippen LogP contribution in [0.5, 0.6) is 5.88 Å². The number of carboxylic acid groups (broad SMARTS) is 2. The smallest absolute Gasteiger partial charge is 0.407 e. The average molecular weight is 631 g/mol. The molecule has 2 aliphatic heterocycles. The molecule has 1 aromatic heterocycles. The van der Waals surface area contributed by atoms with Gasteiger partial charge in [-0.1, -0.05) is 18.2 Å². The summed E-state index contributed by atoms with van der Waals surface area (Å²) in [5.74, 6) is -3.87. The summed E-state index contributed by atoms with van der Waals surface area (Å²) in [6.45, 7) is -0.378. The molecule has 3 heterocycles. The maximum atomic E-state index is 13.4. The van der Waals surface area contributed by atoms with Gasteiger partial charge in [-0.05, 0) is 18.6 Å². The summed E-state index contributed by atoms with van der Waals surface area (Å²) < 4.78 is 11.7.